The molecule has 0 fully saturated rings. The Labute approximate surface area is 179 Å². The predicted molar refractivity (Wildman–Crippen MR) is 113 cm³/mol. The molecule has 0 aliphatic carbocycles. The highest BCUT2D eigenvalue weighted by Crippen LogP contribution is 1.98. The number of amides is 4. The van der Waals surface area contributed by atoms with Crippen molar-refractivity contribution in [2.45, 2.75) is 19.5 Å². The van der Waals surface area contributed by atoms with Crippen LogP contribution in [0.3, 0.4) is 0 Å². The summed E-state index contributed by atoms with van der Waals surface area (Å²) < 4.78 is 0. The maximum absolute atomic E-state index is 12.0. The van der Waals surface area contributed by atoms with Crippen molar-refractivity contribution >= 4 is 29.4 Å². The fraction of sp³-hybridized carbons (Fsp3) is 0.227. The van der Waals surface area contributed by atoms with Crippen molar-refractivity contribution < 1.29 is 24.0 Å². The van der Waals surface area contributed by atoms with Crippen LogP contribution >= 0.6 is 0 Å². The molecule has 0 aromatic heterocycles. The van der Waals surface area contributed by atoms with E-state index < -0.39 is 42.0 Å². The Morgan fingerprint density at radius 1 is 0.774 bits per heavy atom. The average Bonchev–Trinajstić information content (AvgIpc) is 2.80. The molecule has 0 saturated heterocycles. The molecule has 0 bridgehead atoms. The van der Waals surface area contributed by atoms with Crippen LogP contribution in [0.4, 0.5) is 0 Å². The van der Waals surface area contributed by atoms with Crippen molar-refractivity contribution in [1.29, 1.82) is 0 Å². The molecule has 2 rings (SSSR count). The van der Waals surface area contributed by atoms with Crippen LogP contribution < -0.4 is 21.3 Å². The summed E-state index contributed by atoms with van der Waals surface area (Å²) in [6.07, 6.45) is 0. The van der Waals surface area contributed by atoms with E-state index in [0.717, 1.165) is 5.56 Å². The fourth-order valence-corrected chi connectivity index (χ4v) is 2.49. The van der Waals surface area contributed by atoms with Gasteiger partial charge in [0.1, 0.15) is 6.04 Å². The first-order valence-corrected chi connectivity index (χ1v) is 9.62. The quantitative estimate of drug-likeness (QED) is 0.396. The lowest BCUT2D eigenvalue weighted by Gasteiger charge is -2.14. The molecular formula is C22H24N4O5. The lowest BCUT2D eigenvalue weighted by Crippen LogP contribution is -2.49. The summed E-state index contributed by atoms with van der Waals surface area (Å²) in [6.45, 7) is 0.809. The Balaban J connectivity index is 1.67. The summed E-state index contributed by atoms with van der Waals surface area (Å²) in [5, 5.41) is 9.64. The molecule has 4 N–H and O–H groups in total. The highest BCUT2D eigenvalue weighted by atomic mass is 16.2. The Kier molecular flexibility index (Phi) is 8.90. The normalized spacial score (nSPS) is 11.0. The van der Waals surface area contributed by atoms with Gasteiger partial charge in [0.25, 0.3) is 11.8 Å². The van der Waals surface area contributed by atoms with E-state index in [1.54, 1.807) is 42.5 Å². The van der Waals surface area contributed by atoms with Gasteiger partial charge in [-0.2, -0.15) is 0 Å². The van der Waals surface area contributed by atoms with Gasteiger partial charge in [0.15, 0.2) is 0 Å². The van der Waals surface area contributed by atoms with Crippen LogP contribution in [0.25, 0.3) is 0 Å². The molecule has 0 saturated carbocycles. The molecule has 2 aromatic rings. The van der Waals surface area contributed by atoms with Crippen molar-refractivity contribution in [2.75, 3.05) is 13.1 Å². The third-order valence-electron chi connectivity index (χ3n) is 4.19. The molecule has 1 atom stereocenters. The molecular weight excluding hydrogens is 400 g/mol. The molecule has 31 heavy (non-hydrogen) atoms. The first-order valence-electron chi connectivity index (χ1n) is 9.62. The molecule has 0 unspecified atom stereocenters. The van der Waals surface area contributed by atoms with E-state index in [-0.39, 0.29) is 13.1 Å². The van der Waals surface area contributed by atoms with Gasteiger partial charge in [0, 0.05) is 12.1 Å². The lowest BCUT2D eigenvalue weighted by molar-refractivity contribution is -0.138. The SMILES string of the molecule is C[C@H](NC(=O)CNC(=O)c1ccccc1)C(=O)NCC(=O)C(=O)NCc1ccccc1. The highest BCUT2D eigenvalue weighted by Gasteiger charge is 2.19. The predicted octanol–water partition coefficient (Wildman–Crippen LogP) is -0.0772. The summed E-state index contributed by atoms with van der Waals surface area (Å²) in [7, 11) is 0. The number of benzene rings is 2. The van der Waals surface area contributed by atoms with E-state index >= 15 is 0 Å². The van der Waals surface area contributed by atoms with Crippen molar-refractivity contribution in [3.63, 3.8) is 0 Å². The number of hydrogen-bond acceptors (Lipinski definition) is 5. The first-order chi connectivity index (χ1) is 14.9. The molecule has 0 heterocycles. The van der Waals surface area contributed by atoms with Crippen LogP contribution in [0, 0.1) is 0 Å². The van der Waals surface area contributed by atoms with Crippen molar-refractivity contribution in [3.05, 3.63) is 71.8 Å². The van der Waals surface area contributed by atoms with Crippen LogP contribution in [-0.4, -0.2) is 48.5 Å². The Bertz CT molecular complexity index is 931. The number of hydrogen-bond donors (Lipinski definition) is 4. The lowest BCUT2D eigenvalue weighted by atomic mass is 10.2. The van der Waals surface area contributed by atoms with Crippen molar-refractivity contribution in [1.82, 2.24) is 21.3 Å². The van der Waals surface area contributed by atoms with Gasteiger partial charge in [-0.1, -0.05) is 48.5 Å². The maximum Gasteiger partial charge on any atom is 0.289 e. The number of carbonyl (C=O) groups excluding carboxylic acids is 5. The van der Waals surface area contributed by atoms with E-state index in [4.69, 9.17) is 0 Å². The summed E-state index contributed by atoms with van der Waals surface area (Å²) >= 11 is 0. The first kappa shape index (κ1) is 23.3. The summed E-state index contributed by atoms with van der Waals surface area (Å²) in [4.78, 5) is 59.6. The zero-order chi connectivity index (χ0) is 22.6. The molecule has 2 aromatic carbocycles. The van der Waals surface area contributed by atoms with Gasteiger partial charge in [-0.15, -0.1) is 0 Å². The average molecular weight is 424 g/mol. The molecule has 9 nitrogen and oxygen atoms in total. The zero-order valence-corrected chi connectivity index (χ0v) is 17.0. The van der Waals surface area contributed by atoms with E-state index in [1.165, 1.54) is 6.92 Å². The van der Waals surface area contributed by atoms with E-state index in [2.05, 4.69) is 21.3 Å². The molecule has 0 aliphatic rings. The standard InChI is InChI=1S/C22H24N4O5/c1-15(26-19(28)14-25-21(30)17-10-6-3-7-11-17)20(29)24-13-18(27)22(31)23-12-16-8-4-2-5-9-16/h2-11,15H,12-14H2,1H3,(H,23,31)(H,24,29)(H,25,30)(H,26,28)/t15-/m0/s1. The van der Waals surface area contributed by atoms with Crippen molar-refractivity contribution in [3.8, 4) is 0 Å². The fourth-order valence-electron chi connectivity index (χ4n) is 2.49. The minimum absolute atomic E-state index is 0.195. The van der Waals surface area contributed by atoms with Gasteiger partial charge in [-0.05, 0) is 24.6 Å². The van der Waals surface area contributed by atoms with E-state index in [1.807, 2.05) is 18.2 Å². The monoisotopic (exact) mass is 424 g/mol. The smallest absolute Gasteiger partial charge is 0.289 e. The highest BCUT2D eigenvalue weighted by molar-refractivity contribution is 6.37. The van der Waals surface area contributed by atoms with Crippen LogP contribution in [0.2, 0.25) is 0 Å². The minimum Gasteiger partial charge on any atom is -0.347 e. The van der Waals surface area contributed by atoms with Gasteiger partial charge in [0.2, 0.25) is 17.6 Å². The van der Waals surface area contributed by atoms with Crippen LogP contribution in [-0.2, 0) is 25.7 Å². The van der Waals surface area contributed by atoms with Crippen LogP contribution in [0.5, 0.6) is 0 Å². The number of Topliss-reactive ketones (excluding diaryl/α,β-unsaturated/α-hetero) is 1. The summed E-state index contributed by atoms with van der Waals surface area (Å²) in [6, 6.07) is 16.5. The van der Waals surface area contributed by atoms with Crippen molar-refractivity contribution in [2.24, 2.45) is 0 Å². The number of nitrogens with one attached hydrogen (secondary N) is 4. The Morgan fingerprint density at radius 3 is 2.03 bits per heavy atom. The van der Waals surface area contributed by atoms with Gasteiger partial charge < -0.3 is 21.3 Å². The van der Waals surface area contributed by atoms with E-state index in [0.29, 0.717) is 5.56 Å². The van der Waals surface area contributed by atoms with Gasteiger partial charge in [-0.3, -0.25) is 24.0 Å². The number of rotatable bonds is 10. The molecule has 0 radical (unpaired) electrons. The summed E-state index contributed by atoms with van der Waals surface area (Å²) in [5.74, 6) is -3.24. The minimum atomic E-state index is -0.957. The number of carbonyl (C=O) groups is 5. The zero-order valence-electron chi connectivity index (χ0n) is 17.0. The third kappa shape index (κ3) is 8.09. The molecule has 0 aliphatic heterocycles. The van der Waals surface area contributed by atoms with Crippen LogP contribution in [0.15, 0.2) is 60.7 Å². The molecule has 0 spiro atoms. The second kappa shape index (κ2) is 11.9. The van der Waals surface area contributed by atoms with Gasteiger partial charge in [-0.25, -0.2) is 0 Å². The molecule has 9 heteroatoms. The van der Waals surface area contributed by atoms with Gasteiger partial charge >= 0.3 is 0 Å². The summed E-state index contributed by atoms with van der Waals surface area (Å²) in [5.41, 5.74) is 1.24. The molecule has 4 amide bonds. The van der Waals surface area contributed by atoms with Crippen LogP contribution in [0.1, 0.15) is 22.8 Å². The maximum atomic E-state index is 12.0. The van der Waals surface area contributed by atoms with E-state index in [9.17, 15) is 24.0 Å². The Hall–Kier alpha value is -4.01. The second-order valence-corrected chi connectivity index (χ2v) is 6.65. The molecule has 162 valence electrons. The largest absolute Gasteiger partial charge is 0.347 e. The third-order valence-corrected chi connectivity index (χ3v) is 4.19. The van der Waals surface area contributed by atoms with Gasteiger partial charge in [0.05, 0.1) is 13.1 Å². The topological polar surface area (TPSA) is 133 Å². The number of ketones is 1. The Morgan fingerprint density at radius 2 is 1.39 bits per heavy atom. The second-order valence-electron chi connectivity index (χ2n) is 6.65.